The zero-order valence-electron chi connectivity index (χ0n) is 19.4. The van der Waals surface area contributed by atoms with Crippen LogP contribution in [0.4, 0.5) is 0 Å². The Morgan fingerprint density at radius 2 is 1.89 bits per heavy atom. The highest BCUT2D eigenvalue weighted by Gasteiger charge is 2.18. The van der Waals surface area contributed by atoms with Crippen LogP contribution in [-0.2, 0) is 0 Å². The first kappa shape index (κ1) is 21.2. The highest BCUT2D eigenvalue weighted by Crippen LogP contribution is 2.33. The standard InChI is InChI=1S/C27H23N7OS/c1-2-5-18(6-3-1)35-19-11-16(13-28-15-19)17-12-20-23(33-34-26(20)30-14-17)27-31-21-8-9-29-25(24(21)32-27)22-7-4-10-36-22/h4,7-15,18H,1-3,5-6H2,(H,31,32)(H,30,33,34). The van der Waals surface area contributed by atoms with Crippen LogP contribution in [0.2, 0.25) is 0 Å². The molecule has 6 aromatic rings. The van der Waals surface area contributed by atoms with Gasteiger partial charge in [0.05, 0.1) is 28.1 Å². The molecule has 7 rings (SSSR count). The van der Waals surface area contributed by atoms with Gasteiger partial charge in [0.25, 0.3) is 0 Å². The van der Waals surface area contributed by atoms with Crippen LogP contribution in [0.25, 0.3) is 55.3 Å². The minimum absolute atomic E-state index is 0.276. The molecule has 36 heavy (non-hydrogen) atoms. The first-order valence-corrected chi connectivity index (χ1v) is 13.0. The summed E-state index contributed by atoms with van der Waals surface area (Å²) in [6.07, 6.45) is 13.5. The van der Waals surface area contributed by atoms with Gasteiger partial charge in [-0.2, -0.15) is 5.10 Å². The van der Waals surface area contributed by atoms with Gasteiger partial charge in [0.1, 0.15) is 22.7 Å². The van der Waals surface area contributed by atoms with Crippen molar-refractivity contribution < 1.29 is 4.74 Å². The van der Waals surface area contributed by atoms with Crippen LogP contribution in [-0.4, -0.2) is 41.2 Å². The zero-order chi connectivity index (χ0) is 23.9. The van der Waals surface area contributed by atoms with E-state index in [0.29, 0.717) is 11.5 Å². The van der Waals surface area contributed by atoms with Crippen LogP contribution in [0.3, 0.4) is 0 Å². The second-order valence-corrected chi connectivity index (χ2v) is 10.0. The van der Waals surface area contributed by atoms with E-state index in [0.717, 1.165) is 62.4 Å². The average molecular weight is 494 g/mol. The second kappa shape index (κ2) is 8.83. The third-order valence-electron chi connectivity index (χ3n) is 6.70. The lowest BCUT2D eigenvalue weighted by atomic mass is 9.98. The van der Waals surface area contributed by atoms with Gasteiger partial charge < -0.3 is 9.72 Å². The van der Waals surface area contributed by atoms with E-state index in [2.05, 4.69) is 42.3 Å². The third kappa shape index (κ3) is 3.81. The summed E-state index contributed by atoms with van der Waals surface area (Å²) in [6, 6.07) is 10.1. The summed E-state index contributed by atoms with van der Waals surface area (Å²) in [6.45, 7) is 0. The van der Waals surface area contributed by atoms with Crippen molar-refractivity contribution in [2.24, 2.45) is 0 Å². The number of imidazole rings is 1. The lowest BCUT2D eigenvalue weighted by molar-refractivity contribution is 0.154. The minimum atomic E-state index is 0.276. The van der Waals surface area contributed by atoms with Crippen LogP contribution in [0, 0.1) is 0 Å². The summed E-state index contributed by atoms with van der Waals surface area (Å²) in [4.78, 5) is 23.0. The van der Waals surface area contributed by atoms with Gasteiger partial charge >= 0.3 is 0 Å². The lowest BCUT2D eigenvalue weighted by Crippen LogP contribution is -2.19. The monoisotopic (exact) mass is 493 g/mol. The number of aromatic nitrogens is 7. The van der Waals surface area contributed by atoms with Gasteiger partial charge in [0.2, 0.25) is 0 Å². The molecular weight excluding hydrogens is 470 g/mol. The number of H-pyrrole nitrogens is 2. The first-order valence-electron chi connectivity index (χ1n) is 12.2. The summed E-state index contributed by atoms with van der Waals surface area (Å²) < 4.78 is 6.24. The molecule has 0 radical (unpaired) electrons. The first-order chi connectivity index (χ1) is 17.8. The van der Waals surface area contributed by atoms with Crippen molar-refractivity contribution in [2.45, 2.75) is 38.2 Å². The zero-order valence-corrected chi connectivity index (χ0v) is 20.3. The maximum Gasteiger partial charge on any atom is 0.181 e. The fourth-order valence-corrected chi connectivity index (χ4v) is 5.62. The Balaban J connectivity index is 1.26. The number of fused-ring (bicyclic) bond motifs is 2. The van der Waals surface area contributed by atoms with Crippen molar-refractivity contribution in [1.29, 1.82) is 0 Å². The van der Waals surface area contributed by atoms with Gasteiger partial charge in [-0.15, -0.1) is 11.3 Å². The normalized spacial score (nSPS) is 14.6. The molecule has 0 aromatic carbocycles. The van der Waals surface area contributed by atoms with E-state index in [9.17, 15) is 0 Å². The lowest BCUT2D eigenvalue weighted by Gasteiger charge is -2.23. The number of aromatic amines is 2. The minimum Gasteiger partial charge on any atom is -0.489 e. The van der Waals surface area contributed by atoms with E-state index in [1.807, 2.05) is 36.0 Å². The number of rotatable bonds is 5. The molecule has 1 aliphatic carbocycles. The predicted octanol–water partition coefficient (Wildman–Crippen LogP) is 6.40. The molecular formula is C27H23N7OS. The fourth-order valence-electron chi connectivity index (χ4n) is 4.90. The Labute approximate surface area is 210 Å². The van der Waals surface area contributed by atoms with E-state index < -0.39 is 0 Å². The van der Waals surface area contributed by atoms with Crippen molar-refractivity contribution in [3.8, 4) is 39.0 Å². The predicted molar refractivity (Wildman–Crippen MR) is 141 cm³/mol. The van der Waals surface area contributed by atoms with E-state index in [1.54, 1.807) is 23.7 Å². The topological polar surface area (TPSA) is 105 Å². The Bertz CT molecular complexity index is 1660. The maximum atomic E-state index is 6.24. The van der Waals surface area contributed by atoms with E-state index in [1.165, 1.54) is 19.3 Å². The van der Waals surface area contributed by atoms with Crippen molar-refractivity contribution in [3.63, 3.8) is 0 Å². The van der Waals surface area contributed by atoms with Crippen LogP contribution < -0.4 is 4.74 Å². The average Bonchev–Trinajstić information content (AvgIpc) is 3.68. The molecule has 0 aliphatic heterocycles. The van der Waals surface area contributed by atoms with Crippen LogP contribution in [0.15, 0.2) is 60.5 Å². The molecule has 0 spiro atoms. The molecule has 6 aromatic heterocycles. The molecule has 0 amide bonds. The molecule has 1 saturated carbocycles. The Morgan fingerprint density at radius 3 is 2.78 bits per heavy atom. The van der Waals surface area contributed by atoms with Crippen molar-refractivity contribution in [1.82, 2.24) is 35.1 Å². The maximum absolute atomic E-state index is 6.24. The number of hydrogen-bond donors (Lipinski definition) is 2. The van der Waals surface area contributed by atoms with Crippen LogP contribution in [0.5, 0.6) is 5.75 Å². The number of nitrogens with one attached hydrogen (secondary N) is 2. The summed E-state index contributed by atoms with van der Waals surface area (Å²) in [5.74, 6) is 1.50. The Kier molecular flexibility index (Phi) is 5.20. The summed E-state index contributed by atoms with van der Waals surface area (Å²) in [5.41, 5.74) is 5.95. The number of hydrogen-bond acceptors (Lipinski definition) is 7. The molecule has 0 unspecified atom stereocenters. The molecule has 0 bridgehead atoms. The second-order valence-electron chi connectivity index (χ2n) is 9.10. The summed E-state index contributed by atoms with van der Waals surface area (Å²) in [5, 5.41) is 10.5. The van der Waals surface area contributed by atoms with Gasteiger partial charge in [-0.1, -0.05) is 12.5 Å². The highest BCUT2D eigenvalue weighted by molar-refractivity contribution is 7.13. The van der Waals surface area contributed by atoms with Gasteiger partial charge in [-0.05, 0) is 55.3 Å². The SMILES string of the molecule is c1csc(-c2nccc3[nH]c(-c4[nH]nc5ncc(-c6cncc(OC7CCCCC7)c6)cc45)nc23)c1. The Morgan fingerprint density at radius 1 is 0.972 bits per heavy atom. The van der Waals surface area contributed by atoms with E-state index in [-0.39, 0.29) is 6.10 Å². The molecule has 1 aliphatic rings. The molecule has 0 atom stereocenters. The van der Waals surface area contributed by atoms with Crippen LogP contribution >= 0.6 is 11.3 Å². The molecule has 0 saturated heterocycles. The molecule has 8 nitrogen and oxygen atoms in total. The number of thiophene rings is 1. The number of pyridine rings is 3. The van der Waals surface area contributed by atoms with E-state index >= 15 is 0 Å². The van der Waals surface area contributed by atoms with Gasteiger partial charge in [-0.3, -0.25) is 15.1 Å². The van der Waals surface area contributed by atoms with Gasteiger partial charge in [0.15, 0.2) is 11.5 Å². The Hall–Kier alpha value is -4.11. The van der Waals surface area contributed by atoms with Gasteiger partial charge in [-0.25, -0.2) is 9.97 Å². The quantitative estimate of drug-likeness (QED) is 0.288. The van der Waals surface area contributed by atoms with E-state index in [4.69, 9.17) is 9.72 Å². The highest BCUT2D eigenvalue weighted by atomic mass is 32.1. The molecule has 6 heterocycles. The molecule has 178 valence electrons. The van der Waals surface area contributed by atoms with Crippen molar-refractivity contribution >= 4 is 33.4 Å². The fraction of sp³-hybridized carbons (Fsp3) is 0.222. The summed E-state index contributed by atoms with van der Waals surface area (Å²) >= 11 is 1.65. The van der Waals surface area contributed by atoms with Crippen molar-refractivity contribution in [3.05, 3.63) is 60.5 Å². The number of nitrogens with zero attached hydrogens (tertiary/aromatic N) is 5. The smallest absolute Gasteiger partial charge is 0.181 e. The largest absolute Gasteiger partial charge is 0.489 e. The van der Waals surface area contributed by atoms with Crippen molar-refractivity contribution in [2.75, 3.05) is 0 Å². The molecule has 2 N–H and O–H groups in total. The molecule has 1 fully saturated rings. The summed E-state index contributed by atoms with van der Waals surface area (Å²) in [7, 11) is 0. The van der Waals surface area contributed by atoms with Crippen LogP contribution in [0.1, 0.15) is 32.1 Å². The van der Waals surface area contributed by atoms with Gasteiger partial charge in [0, 0.05) is 29.7 Å². The number of ether oxygens (including phenoxy) is 1. The third-order valence-corrected chi connectivity index (χ3v) is 7.58. The molecule has 9 heteroatoms.